The number of methoxy groups -OCH3 is 1. The fourth-order valence-corrected chi connectivity index (χ4v) is 5.24. The summed E-state index contributed by atoms with van der Waals surface area (Å²) in [5.74, 6) is -0.351. The highest BCUT2D eigenvalue weighted by molar-refractivity contribution is 7.93. The molecule has 4 rings (SSSR count). The van der Waals surface area contributed by atoms with E-state index in [0.717, 1.165) is 22.5 Å². The molecule has 0 aliphatic rings. The van der Waals surface area contributed by atoms with Crippen molar-refractivity contribution in [2.24, 2.45) is 0 Å². The van der Waals surface area contributed by atoms with E-state index in [1.165, 1.54) is 55.9 Å². The second-order valence-corrected chi connectivity index (χ2v) is 9.52. The maximum Gasteiger partial charge on any atom is 0.416 e. The van der Waals surface area contributed by atoms with E-state index in [2.05, 4.69) is 10.3 Å². The Labute approximate surface area is 205 Å². The number of halogens is 3. The van der Waals surface area contributed by atoms with Gasteiger partial charge < -0.3 is 10.1 Å². The van der Waals surface area contributed by atoms with Gasteiger partial charge in [0.2, 0.25) is 5.91 Å². The third-order valence-corrected chi connectivity index (χ3v) is 7.16. The van der Waals surface area contributed by atoms with Gasteiger partial charge in [0.05, 0.1) is 23.3 Å². The molecule has 0 aliphatic carbocycles. The number of hydrogen-bond donors (Lipinski definition) is 1. The van der Waals surface area contributed by atoms with E-state index in [9.17, 15) is 26.4 Å². The van der Waals surface area contributed by atoms with E-state index in [4.69, 9.17) is 4.74 Å². The van der Waals surface area contributed by atoms with Gasteiger partial charge in [-0.25, -0.2) is 8.42 Å². The Balaban J connectivity index is 1.72. The van der Waals surface area contributed by atoms with Gasteiger partial charge in [0.15, 0.2) is 0 Å². The zero-order valence-electron chi connectivity index (χ0n) is 18.9. The summed E-state index contributed by atoms with van der Waals surface area (Å²) in [5, 5.41) is 3.35. The topological polar surface area (TPSA) is 88.6 Å². The van der Waals surface area contributed by atoms with Crippen LogP contribution in [0.2, 0.25) is 0 Å². The van der Waals surface area contributed by atoms with Crippen LogP contribution in [0.25, 0.3) is 10.8 Å². The second-order valence-electron chi connectivity index (χ2n) is 7.69. The molecule has 0 aliphatic heterocycles. The summed E-state index contributed by atoms with van der Waals surface area (Å²) < 4.78 is 72.8. The van der Waals surface area contributed by atoms with Crippen molar-refractivity contribution in [2.45, 2.75) is 11.1 Å². The Morgan fingerprint density at radius 3 is 2.44 bits per heavy atom. The lowest BCUT2D eigenvalue weighted by molar-refractivity contribution is -0.137. The number of nitrogens with zero attached hydrogens (tertiary/aromatic N) is 2. The minimum absolute atomic E-state index is 0.0508. The average Bonchev–Trinajstić information content (AvgIpc) is 2.86. The molecular formula is C25H20F3N3O4S. The van der Waals surface area contributed by atoms with E-state index in [0.29, 0.717) is 16.5 Å². The standard InChI is InChI=1S/C25H20F3N3O4S/c1-35-21-10-8-20(9-11-21)31(16-24(32)30-19-6-3-5-18(14-19)25(26,27)28)36(33,34)23-7-2-4-17-15-29-13-12-22(17)23/h2-15H,16H2,1H3,(H,30,32). The van der Waals surface area contributed by atoms with Crippen LogP contribution in [0.3, 0.4) is 0 Å². The molecule has 7 nitrogen and oxygen atoms in total. The molecule has 1 heterocycles. The van der Waals surface area contributed by atoms with Crippen LogP contribution in [0.1, 0.15) is 5.56 Å². The fraction of sp³-hybridized carbons (Fsp3) is 0.120. The van der Waals surface area contributed by atoms with Crippen molar-refractivity contribution < 1.29 is 31.1 Å². The van der Waals surface area contributed by atoms with Crippen LogP contribution < -0.4 is 14.4 Å². The van der Waals surface area contributed by atoms with Gasteiger partial charge in [0.1, 0.15) is 12.3 Å². The van der Waals surface area contributed by atoms with Crippen LogP contribution in [0.5, 0.6) is 5.75 Å². The van der Waals surface area contributed by atoms with Crippen molar-refractivity contribution >= 4 is 38.1 Å². The van der Waals surface area contributed by atoms with Gasteiger partial charge in [0.25, 0.3) is 10.0 Å². The van der Waals surface area contributed by atoms with Crippen molar-refractivity contribution in [1.29, 1.82) is 0 Å². The van der Waals surface area contributed by atoms with Crippen LogP contribution in [0, 0.1) is 0 Å². The van der Waals surface area contributed by atoms with Crippen LogP contribution >= 0.6 is 0 Å². The molecule has 1 N–H and O–H groups in total. The van der Waals surface area contributed by atoms with Gasteiger partial charge in [-0.3, -0.25) is 14.1 Å². The summed E-state index contributed by atoms with van der Waals surface area (Å²) in [5.41, 5.74) is -0.886. The number of aromatic nitrogens is 1. The smallest absolute Gasteiger partial charge is 0.416 e. The Hall–Kier alpha value is -4.12. The third kappa shape index (κ3) is 5.25. The highest BCUT2D eigenvalue weighted by Gasteiger charge is 2.31. The van der Waals surface area contributed by atoms with Gasteiger partial charge in [-0.05, 0) is 54.6 Å². The van der Waals surface area contributed by atoms with Crippen molar-refractivity contribution in [1.82, 2.24) is 4.98 Å². The molecule has 1 amide bonds. The van der Waals surface area contributed by atoms with E-state index in [1.807, 2.05) is 0 Å². The Bertz CT molecular complexity index is 1500. The largest absolute Gasteiger partial charge is 0.497 e. The summed E-state index contributed by atoms with van der Waals surface area (Å²) >= 11 is 0. The number of pyridine rings is 1. The number of sulfonamides is 1. The molecule has 3 aromatic carbocycles. The molecule has 0 atom stereocenters. The number of carbonyl (C=O) groups is 1. The minimum Gasteiger partial charge on any atom is -0.497 e. The molecule has 0 bridgehead atoms. The number of alkyl halides is 3. The molecule has 0 spiro atoms. The summed E-state index contributed by atoms with van der Waals surface area (Å²) in [6.45, 7) is -0.688. The molecule has 36 heavy (non-hydrogen) atoms. The van der Waals surface area contributed by atoms with Gasteiger partial charge in [-0.2, -0.15) is 13.2 Å². The van der Waals surface area contributed by atoms with E-state index in [1.54, 1.807) is 18.2 Å². The number of rotatable bonds is 7. The lowest BCUT2D eigenvalue weighted by Crippen LogP contribution is -2.38. The Morgan fingerprint density at radius 2 is 1.75 bits per heavy atom. The van der Waals surface area contributed by atoms with E-state index >= 15 is 0 Å². The number of amides is 1. The zero-order chi connectivity index (χ0) is 25.9. The second kappa shape index (κ2) is 9.86. The molecule has 0 saturated carbocycles. The van der Waals surface area contributed by atoms with Crippen molar-refractivity contribution in [3.63, 3.8) is 0 Å². The van der Waals surface area contributed by atoms with Crippen LogP contribution in [-0.4, -0.2) is 33.0 Å². The van der Waals surface area contributed by atoms with Crippen LogP contribution in [0.15, 0.2) is 90.1 Å². The van der Waals surface area contributed by atoms with Gasteiger partial charge in [0, 0.05) is 28.9 Å². The van der Waals surface area contributed by atoms with Crippen LogP contribution in [-0.2, 0) is 21.0 Å². The zero-order valence-corrected chi connectivity index (χ0v) is 19.7. The van der Waals surface area contributed by atoms with Gasteiger partial charge in [-0.15, -0.1) is 0 Å². The molecule has 4 aromatic rings. The number of anilines is 2. The lowest BCUT2D eigenvalue weighted by atomic mass is 10.2. The predicted octanol–water partition coefficient (Wildman–Crippen LogP) is 5.10. The molecular weight excluding hydrogens is 495 g/mol. The number of nitrogens with one attached hydrogen (secondary N) is 1. The summed E-state index contributed by atoms with van der Waals surface area (Å²) in [6, 6.07) is 16.4. The first-order chi connectivity index (χ1) is 17.1. The van der Waals surface area contributed by atoms with Crippen molar-refractivity contribution in [2.75, 3.05) is 23.3 Å². The maximum atomic E-state index is 13.8. The maximum absolute atomic E-state index is 13.8. The number of benzene rings is 3. The van der Waals surface area contributed by atoms with Crippen molar-refractivity contribution in [3.8, 4) is 5.75 Å². The first kappa shape index (κ1) is 25.0. The molecule has 186 valence electrons. The first-order valence-electron chi connectivity index (χ1n) is 10.6. The van der Waals surface area contributed by atoms with Crippen molar-refractivity contribution in [3.05, 3.63) is 90.8 Å². The monoisotopic (exact) mass is 515 g/mol. The number of hydrogen-bond acceptors (Lipinski definition) is 5. The Kier molecular flexibility index (Phi) is 6.84. The highest BCUT2D eigenvalue weighted by atomic mass is 32.2. The normalized spacial score (nSPS) is 11.8. The Morgan fingerprint density at radius 1 is 1.03 bits per heavy atom. The fourth-order valence-electron chi connectivity index (χ4n) is 3.60. The molecule has 0 fully saturated rings. The average molecular weight is 516 g/mol. The van der Waals surface area contributed by atoms with Crippen LogP contribution in [0.4, 0.5) is 24.5 Å². The molecule has 0 saturated heterocycles. The summed E-state index contributed by atoms with van der Waals surface area (Å²) in [7, 11) is -2.84. The third-order valence-electron chi connectivity index (χ3n) is 5.33. The lowest BCUT2D eigenvalue weighted by Gasteiger charge is -2.25. The highest BCUT2D eigenvalue weighted by Crippen LogP contribution is 2.32. The number of ether oxygens (including phenoxy) is 1. The predicted molar refractivity (Wildman–Crippen MR) is 129 cm³/mol. The molecule has 0 unspecified atom stereocenters. The van der Waals surface area contributed by atoms with E-state index in [-0.39, 0.29) is 16.3 Å². The summed E-state index contributed by atoms with van der Waals surface area (Å²) in [6.07, 6.45) is -1.62. The molecule has 1 aromatic heterocycles. The SMILES string of the molecule is COc1ccc(N(CC(=O)Nc2cccc(C(F)(F)F)c2)S(=O)(=O)c2cccc3cnccc23)cc1. The number of carbonyl (C=O) groups excluding carboxylic acids is 1. The molecule has 11 heteroatoms. The minimum atomic E-state index is -4.59. The molecule has 0 radical (unpaired) electrons. The van der Waals surface area contributed by atoms with Gasteiger partial charge in [-0.1, -0.05) is 18.2 Å². The van der Waals surface area contributed by atoms with E-state index < -0.39 is 34.2 Å². The van der Waals surface area contributed by atoms with Gasteiger partial charge >= 0.3 is 6.18 Å². The quantitative estimate of drug-likeness (QED) is 0.370. The first-order valence-corrected chi connectivity index (χ1v) is 12.0. The number of fused-ring (bicyclic) bond motifs is 1. The summed E-state index contributed by atoms with van der Waals surface area (Å²) in [4.78, 5) is 16.8.